The fourth-order valence-electron chi connectivity index (χ4n) is 3.18. The van der Waals surface area contributed by atoms with Crippen LogP contribution >= 0.6 is 0 Å². The predicted molar refractivity (Wildman–Crippen MR) is 86.9 cm³/mol. The Morgan fingerprint density at radius 1 is 1.36 bits per heavy atom. The van der Waals surface area contributed by atoms with Gasteiger partial charge in [-0.2, -0.15) is 0 Å². The lowest BCUT2D eigenvalue weighted by Gasteiger charge is -2.36. The van der Waals surface area contributed by atoms with Gasteiger partial charge in [-0.1, -0.05) is 27.2 Å². The summed E-state index contributed by atoms with van der Waals surface area (Å²) in [7, 11) is 0. The molecule has 0 aromatic carbocycles. The van der Waals surface area contributed by atoms with E-state index in [4.69, 9.17) is 13.9 Å². The quantitative estimate of drug-likeness (QED) is 0.438. The molecular formula is C17H23NO7. The molecule has 0 amide bonds. The minimum absolute atomic E-state index is 0.181. The molecule has 1 aromatic heterocycles. The molecule has 1 aromatic rings. The first-order valence-corrected chi connectivity index (χ1v) is 8.38. The van der Waals surface area contributed by atoms with E-state index in [0.29, 0.717) is 17.8 Å². The fraction of sp³-hybridized carbons (Fsp3) is 0.647. The predicted octanol–water partition coefficient (Wildman–Crippen LogP) is 3.35. The van der Waals surface area contributed by atoms with Crippen LogP contribution < -0.4 is 0 Å². The van der Waals surface area contributed by atoms with Crippen LogP contribution in [0.15, 0.2) is 16.5 Å². The molecule has 1 heterocycles. The smallest absolute Gasteiger partial charge is 0.433 e. The van der Waals surface area contributed by atoms with E-state index in [1.807, 2.05) is 0 Å². The number of furan rings is 1. The van der Waals surface area contributed by atoms with Crippen molar-refractivity contribution in [3.63, 3.8) is 0 Å². The molecule has 1 saturated carbocycles. The number of carbonyl (C=O) groups is 2. The molecule has 1 aliphatic carbocycles. The molecule has 138 valence electrons. The van der Waals surface area contributed by atoms with Gasteiger partial charge in [0.25, 0.3) is 0 Å². The van der Waals surface area contributed by atoms with Crippen molar-refractivity contribution in [2.75, 3.05) is 6.61 Å². The highest BCUT2D eigenvalue weighted by atomic mass is 16.7. The lowest BCUT2D eigenvalue weighted by molar-refractivity contribution is -0.402. The van der Waals surface area contributed by atoms with Crippen molar-refractivity contribution in [3.8, 4) is 0 Å². The van der Waals surface area contributed by atoms with E-state index in [-0.39, 0.29) is 11.9 Å². The van der Waals surface area contributed by atoms with Crippen LogP contribution in [-0.2, 0) is 14.3 Å². The van der Waals surface area contributed by atoms with Crippen molar-refractivity contribution in [1.82, 2.24) is 0 Å². The second kappa shape index (κ2) is 8.13. The molecule has 8 nitrogen and oxygen atoms in total. The molecule has 2 rings (SSSR count). The van der Waals surface area contributed by atoms with Gasteiger partial charge >= 0.3 is 17.8 Å². The van der Waals surface area contributed by atoms with E-state index >= 15 is 0 Å². The molecule has 0 radical (unpaired) electrons. The Kier molecular flexibility index (Phi) is 6.17. The van der Waals surface area contributed by atoms with Crippen LogP contribution in [-0.4, -0.2) is 29.6 Å². The molecule has 0 spiro atoms. The first-order chi connectivity index (χ1) is 11.8. The zero-order valence-electron chi connectivity index (χ0n) is 14.6. The van der Waals surface area contributed by atoms with Gasteiger partial charge in [0, 0.05) is 0 Å². The van der Waals surface area contributed by atoms with Crippen LogP contribution in [0, 0.1) is 27.9 Å². The molecule has 1 fully saturated rings. The van der Waals surface area contributed by atoms with Gasteiger partial charge in [-0.25, -0.2) is 9.59 Å². The maximum absolute atomic E-state index is 12.0. The van der Waals surface area contributed by atoms with E-state index < -0.39 is 29.4 Å². The number of ether oxygens (including phenoxy) is 2. The van der Waals surface area contributed by atoms with E-state index in [9.17, 15) is 19.7 Å². The van der Waals surface area contributed by atoms with Crippen molar-refractivity contribution in [3.05, 3.63) is 28.0 Å². The van der Waals surface area contributed by atoms with Crippen LogP contribution in [0.5, 0.6) is 0 Å². The third-order valence-corrected chi connectivity index (χ3v) is 4.54. The largest absolute Gasteiger partial charge is 0.460 e. The summed E-state index contributed by atoms with van der Waals surface area (Å²) in [6.45, 7) is 5.78. The Balaban J connectivity index is 1.86. The maximum Gasteiger partial charge on any atom is 0.433 e. The Bertz CT molecular complexity index is 637. The molecule has 0 N–H and O–H groups in total. The SMILES string of the molecule is CC(C)[C@@H]1CC[C@H](C)C[C@H]1OC(=O)COC(=O)c1ccc([N+](=O)[O-])o1. The topological polar surface area (TPSA) is 109 Å². The molecule has 0 unspecified atom stereocenters. The monoisotopic (exact) mass is 353 g/mol. The van der Waals surface area contributed by atoms with Crippen LogP contribution in [0.4, 0.5) is 5.88 Å². The molecule has 0 aliphatic heterocycles. The number of rotatable bonds is 6. The first kappa shape index (κ1) is 19.0. The van der Waals surface area contributed by atoms with Gasteiger partial charge in [0.05, 0.1) is 6.07 Å². The summed E-state index contributed by atoms with van der Waals surface area (Å²) >= 11 is 0. The summed E-state index contributed by atoms with van der Waals surface area (Å²) in [6, 6.07) is 2.18. The zero-order valence-corrected chi connectivity index (χ0v) is 14.6. The number of nitrogens with zero attached hydrogens (tertiary/aromatic N) is 1. The van der Waals surface area contributed by atoms with Crippen molar-refractivity contribution >= 4 is 17.8 Å². The number of nitro groups is 1. The second-order valence-electron chi connectivity index (χ2n) is 6.83. The van der Waals surface area contributed by atoms with Crippen LogP contribution in [0.2, 0.25) is 0 Å². The second-order valence-corrected chi connectivity index (χ2v) is 6.83. The van der Waals surface area contributed by atoms with Gasteiger partial charge in [0.15, 0.2) is 6.61 Å². The summed E-state index contributed by atoms with van der Waals surface area (Å²) in [6.07, 6.45) is 2.74. The zero-order chi connectivity index (χ0) is 18.6. The van der Waals surface area contributed by atoms with Gasteiger partial charge in [0.1, 0.15) is 11.0 Å². The van der Waals surface area contributed by atoms with Gasteiger partial charge in [-0.15, -0.1) is 0 Å². The highest BCUT2D eigenvalue weighted by Crippen LogP contribution is 2.35. The molecule has 1 aliphatic rings. The van der Waals surface area contributed by atoms with Crippen LogP contribution in [0.3, 0.4) is 0 Å². The van der Waals surface area contributed by atoms with Crippen LogP contribution in [0.25, 0.3) is 0 Å². The minimum Gasteiger partial charge on any atom is -0.460 e. The molecular weight excluding hydrogens is 330 g/mol. The maximum atomic E-state index is 12.0. The van der Waals surface area contributed by atoms with Crippen molar-refractivity contribution < 1.29 is 28.4 Å². The number of carbonyl (C=O) groups excluding carboxylic acids is 2. The Morgan fingerprint density at radius 2 is 2.08 bits per heavy atom. The Labute approximate surface area is 145 Å². The minimum atomic E-state index is -0.942. The average Bonchev–Trinajstić information content (AvgIpc) is 3.02. The van der Waals surface area contributed by atoms with E-state index in [1.54, 1.807) is 0 Å². The van der Waals surface area contributed by atoms with Gasteiger partial charge in [0.2, 0.25) is 5.76 Å². The number of hydrogen-bond donors (Lipinski definition) is 0. The molecule has 3 atom stereocenters. The molecule has 0 bridgehead atoms. The summed E-state index contributed by atoms with van der Waals surface area (Å²) in [4.78, 5) is 33.5. The van der Waals surface area contributed by atoms with Gasteiger partial charge in [-0.3, -0.25) is 10.1 Å². The van der Waals surface area contributed by atoms with Crippen molar-refractivity contribution in [2.45, 2.75) is 46.1 Å². The standard InChI is InChI=1S/C17H23NO7/c1-10(2)12-5-4-11(3)8-14(12)25-16(19)9-23-17(20)13-6-7-15(24-13)18(21)22/h6-7,10-12,14H,4-5,8-9H2,1-3H3/t11-,12-,14+/m0/s1. The number of esters is 2. The lowest BCUT2D eigenvalue weighted by Crippen LogP contribution is -2.36. The van der Waals surface area contributed by atoms with E-state index in [0.717, 1.165) is 31.4 Å². The van der Waals surface area contributed by atoms with Crippen LogP contribution in [0.1, 0.15) is 50.6 Å². The fourth-order valence-corrected chi connectivity index (χ4v) is 3.18. The average molecular weight is 353 g/mol. The third-order valence-electron chi connectivity index (χ3n) is 4.54. The summed E-state index contributed by atoms with van der Waals surface area (Å²) in [5.74, 6) is -1.28. The van der Waals surface area contributed by atoms with Crippen molar-refractivity contribution in [2.24, 2.45) is 17.8 Å². The normalized spacial score (nSPS) is 23.3. The third kappa shape index (κ3) is 5.04. The number of hydrogen-bond acceptors (Lipinski definition) is 7. The Morgan fingerprint density at radius 3 is 2.68 bits per heavy atom. The molecule has 0 saturated heterocycles. The van der Waals surface area contributed by atoms with Gasteiger partial charge < -0.3 is 13.9 Å². The first-order valence-electron chi connectivity index (χ1n) is 8.38. The van der Waals surface area contributed by atoms with Crippen molar-refractivity contribution in [1.29, 1.82) is 0 Å². The summed E-state index contributed by atoms with van der Waals surface area (Å²) < 4.78 is 15.1. The molecule has 25 heavy (non-hydrogen) atoms. The highest BCUT2D eigenvalue weighted by Gasteiger charge is 2.33. The highest BCUT2D eigenvalue weighted by molar-refractivity contribution is 5.88. The van der Waals surface area contributed by atoms with Gasteiger partial charge in [-0.05, 0) is 36.7 Å². The molecule has 8 heteroatoms. The summed E-state index contributed by atoms with van der Waals surface area (Å²) in [5, 5.41) is 10.5. The Hall–Kier alpha value is -2.38. The lowest BCUT2D eigenvalue weighted by atomic mass is 9.75. The van der Waals surface area contributed by atoms with E-state index in [1.165, 1.54) is 0 Å². The summed E-state index contributed by atoms with van der Waals surface area (Å²) in [5.41, 5.74) is 0. The van der Waals surface area contributed by atoms with E-state index in [2.05, 4.69) is 20.8 Å².